The second-order valence-corrected chi connectivity index (χ2v) is 5.75. The van der Waals surface area contributed by atoms with E-state index in [1.54, 1.807) is 6.07 Å². The fourth-order valence-corrected chi connectivity index (χ4v) is 2.47. The van der Waals surface area contributed by atoms with Crippen LogP contribution in [0.25, 0.3) is 11.3 Å². The van der Waals surface area contributed by atoms with Gasteiger partial charge < -0.3 is 4.74 Å². The molecule has 0 aromatic carbocycles. The SMILES string of the molecule is Cc1nc(-c2ccc(C(F)(F)F)nc2)ccc1COC1=CCCC=C1. The van der Waals surface area contributed by atoms with Crippen molar-refractivity contribution in [1.29, 1.82) is 0 Å². The molecule has 1 aliphatic carbocycles. The molecule has 2 aromatic rings. The smallest absolute Gasteiger partial charge is 0.433 e. The number of allylic oxidation sites excluding steroid dienone is 3. The van der Waals surface area contributed by atoms with Gasteiger partial charge in [-0.25, -0.2) is 0 Å². The maximum absolute atomic E-state index is 12.6. The van der Waals surface area contributed by atoms with Gasteiger partial charge in [0.1, 0.15) is 18.1 Å². The van der Waals surface area contributed by atoms with Crippen LogP contribution in [-0.2, 0) is 17.5 Å². The van der Waals surface area contributed by atoms with Crippen molar-refractivity contribution in [2.75, 3.05) is 0 Å². The Labute approximate surface area is 143 Å². The number of hydrogen-bond acceptors (Lipinski definition) is 3. The van der Waals surface area contributed by atoms with Crippen LogP contribution in [0.2, 0.25) is 0 Å². The van der Waals surface area contributed by atoms with Gasteiger partial charge in [-0.05, 0) is 50.1 Å². The molecule has 6 heteroatoms. The molecule has 0 aliphatic heterocycles. The number of rotatable bonds is 4. The fraction of sp³-hybridized carbons (Fsp3) is 0.263. The number of aryl methyl sites for hydroxylation is 1. The predicted molar refractivity (Wildman–Crippen MR) is 88.5 cm³/mol. The fourth-order valence-electron chi connectivity index (χ4n) is 2.47. The van der Waals surface area contributed by atoms with Gasteiger partial charge in [-0.1, -0.05) is 12.1 Å². The lowest BCUT2D eigenvalue weighted by atomic mass is 10.1. The molecule has 0 unspecified atom stereocenters. The van der Waals surface area contributed by atoms with Gasteiger partial charge in [-0.2, -0.15) is 13.2 Å². The Bertz CT molecular complexity index is 808. The number of alkyl halides is 3. The van der Waals surface area contributed by atoms with Crippen molar-refractivity contribution < 1.29 is 17.9 Å². The summed E-state index contributed by atoms with van der Waals surface area (Å²) in [5.41, 5.74) is 1.92. The lowest BCUT2D eigenvalue weighted by molar-refractivity contribution is -0.141. The summed E-state index contributed by atoms with van der Waals surface area (Å²) in [7, 11) is 0. The molecule has 3 nitrogen and oxygen atoms in total. The zero-order chi connectivity index (χ0) is 17.9. The Morgan fingerprint density at radius 1 is 1.12 bits per heavy atom. The second kappa shape index (κ2) is 7.09. The highest BCUT2D eigenvalue weighted by Crippen LogP contribution is 2.29. The van der Waals surface area contributed by atoms with Crippen LogP contribution in [0, 0.1) is 6.92 Å². The van der Waals surface area contributed by atoms with E-state index in [1.807, 2.05) is 25.1 Å². The minimum atomic E-state index is -4.44. The highest BCUT2D eigenvalue weighted by Gasteiger charge is 2.32. The van der Waals surface area contributed by atoms with Gasteiger partial charge >= 0.3 is 6.18 Å². The van der Waals surface area contributed by atoms with E-state index in [-0.39, 0.29) is 0 Å². The van der Waals surface area contributed by atoms with Crippen molar-refractivity contribution in [3.8, 4) is 11.3 Å². The summed E-state index contributed by atoms with van der Waals surface area (Å²) < 4.78 is 43.5. The van der Waals surface area contributed by atoms with E-state index in [4.69, 9.17) is 4.74 Å². The lowest BCUT2D eigenvalue weighted by Crippen LogP contribution is -2.07. The van der Waals surface area contributed by atoms with Gasteiger partial charge in [0.2, 0.25) is 0 Å². The summed E-state index contributed by atoms with van der Waals surface area (Å²) in [5, 5.41) is 0. The molecular weight excluding hydrogens is 329 g/mol. The minimum Gasteiger partial charge on any atom is -0.489 e. The predicted octanol–water partition coefficient (Wildman–Crippen LogP) is 5.22. The zero-order valence-corrected chi connectivity index (χ0v) is 13.7. The average molecular weight is 346 g/mol. The van der Waals surface area contributed by atoms with Gasteiger partial charge in [-0.3, -0.25) is 9.97 Å². The van der Waals surface area contributed by atoms with Gasteiger partial charge in [0.25, 0.3) is 0 Å². The Morgan fingerprint density at radius 2 is 1.96 bits per heavy atom. The number of halogens is 3. The molecule has 0 spiro atoms. The Balaban J connectivity index is 1.73. The van der Waals surface area contributed by atoms with Crippen LogP contribution >= 0.6 is 0 Å². The third-order valence-electron chi connectivity index (χ3n) is 3.90. The molecule has 2 aromatic heterocycles. The lowest BCUT2D eigenvalue weighted by Gasteiger charge is -2.12. The molecule has 0 amide bonds. The summed E-state index contributed by atoms with van der Waals surface area (Å²) in [4.78, 5) is 7.93. The molecule has 1 aliphatic rings. The average Bonchev–Trinajstić information content (AvgIpc) is 2.61. The highest BCUT2D eigenvalue weighted by atomic mass is 19.4. The van der Waals surface area contributed by atoms with Crippen LogP contribution in [-0.4, -0.2) is 9.97 Å². The van der Waals surface area contributed by atoms with Crippen molar-refractivity contribution in [2.45, 2.75) is 32.5 Å². The summed E-state index contributed by atoms with van der Waals surface area (Å²) in [5.74, 6) is 0.849. The monoisotopic (exact) mass is 346 g/mol. The van der Waals surface area contributed by atoms with Gasteiger partial charge in [0, 0.05) is 23.0 Å². The normalized spacial score (nSPS) is 14.3. The zero-order valence-electron chi connectivity index (χ0n) is 13.7. The molecular formula is C19H17F3N2O. The van der Waals surface area contributed by atoms with Crippen molar-refractivity contribution in [3.05, 3.63) is 71.4 Å². The first kappa shape index (κ1) is 17.2. The molecule has 0 bridgehead atoms. The van der Waals surface area contributed by atoms with Gasteiger partial charge in [0.15, 0.2) is 0 Å². The van der Waals surface area contributed by atoms with Crippen molar-refractivity contribution in [3.63, 3.8) is 0 Å². The molecule has 0 fully saturated rings. The molecule has 0 saturated carbocycles. The van der Waals surface area contributed by atoms with E-state index in [9.17, 15) is 13.2 Å². The topological polar surface area (TPSA) is 35.0 Å². The number of hydrogen-bond donors (Lipinski definition) is 0. The highest BCUT2D eigenvalue weighted by molar-refractivity contribution is 5.58. The van der Waals surface area contributed by atoms with Crippen molar-refractivity contribution in [2.24, 2.45) is 0 Å². The molecule has 0 N–H and O–H groups in total. The van der Waals surface area contributed by atoms with Crippen molar-refractivity contribution in [1.82, 2.24) is 9.97 Å². The number of pyridine rings is 2. The first-order chi connectivity index (χ1) is 11.9. The van der Waals surface area contributed by atoms with Crippen LogP contribution in [0.5, 0.6) is 0 Å². The van der Waals surface area contributed by atoms with Crippen molar-refractivity contribution >= 4 is 0 Å². The molecule has 3 rings (SSSR count). The van der Waals surface area contributed by atoms with Gasteiger partial charge in [-0.15, -0.1) is 0 Å². The molecule has 0 radical (unpaired) electrons. The summed E-state index contributed by atoms with van der Waals surface area (Å²) in [6, 6.07) is 5.99. The third-order valence-corrected chi connectivity index (χ3v) is 3.90. The molecule has 25 heavy (non-hydrogen) atoms. The first-order valence-corrected chi connectivity index (χ1v) is 7.93. The Kier molecular flexibility index (Phi) is 4.88. The Morgan fingerprint density at radius 3 is 2.56 bits per heavy atom. The van der Waals surface area contributed by atoms with E-state index >= 15 is 0 Å². The second-order valence-electron chi connectivity index (χ2n) is 5.75. The Hall–Kier alpha value is -2.63. The van der Waals surface area contributed by atoms with Crippen LogP contribution in [0.1, 0.15) is 29.8 Å². The minimum absolute atomic E-state index is 0.403. The van der Waals surface area contributed by atoms with Crippen LogP contribution in [0.3, 0.4) is 0 Å². The standard InChI is InChI=1S/C19H17F3N2O/c1-13-15(12-25-16-5-3-2-4-6-16)7-9-17(24-13)14-8-10-18(23-11-14)19(20,21)22/h3,5-11H,2,4,12H2,1H3. The molecule has 2 heterocycles. The summed E-state index contributed by atoms with van der Waals surface area (Å²) in [6.45, 7) is 2.26. The quantitative estimate of drug-likeness (QED) is 0.761. The van der Waals surface area contributed by atoms with Crippen LogP contribution < -0.4 is 0 Å². The van der Waals surface area contributed by atoms with Gasteiger partial charge in [0.05, 0.1) is 5.69 Å². The van der Waals surface area contributed by atoms with Crippen LogP contribution in [0.4, 0.5) is 13.2 Å². The van der Waals surface area contributed by atoms with Crippen LogP contribution in [0.15, 0.2) is 54.4 Å². The summed E-state index contributed by atoms with van der Waals surface area (Å²) in [6.07, 6.45) is 4.83. The number of ether oxygens (including phenoxy) is 1. The van der Waals surface area contributed by atoms with E-state index in [0.717, 1.165) is 35.9 Å². The maximum Gasteiger partial charge on any atom is 0.433 e. The molecule has 130 valence electrons. The molecule has 0 saturated heterocycles. The third kappa shape index (κ3) is 4.26. The van der Waals surface area contributed by atoms with E-state index in [2.05, 4.69) is 16.0 Å². The van der Waals surface area contributed by atoms with E-state index in [1.165, 1.54) is 12.3 Å². The summed E-state index contributed by atoms with van der Waals surface area (Å²) >= 11 is 0. The number of nitrogens with zero attached hydrogens (tertiary/aromatic N) is 2. The van der Waals surface area contributed by atoms with E-state index in [0.29, 0.717) is 17.9 Å². The first-order valence-electron chi connectivity index (χ1n) is 7.93. The van der Waals surface area contributed by atoms with E-state index < -0.39 is 11.9 Å². The maximum atomic E-state index is 12.6. The molecule has 0 atom stereocenters. The largest absolute Gasteiger partial charge is 0.489 e. The number of aromatic nitrogens is 2.